The largest absolute Gasteiger partial charge is 0.507 e. The van der Waals surface area contributed by atoms with E-state index in [1.807, 2.05) is 30.3 Å². The lowest BCUT2D eigenvalue weighted by Gasteiger charge is -2.13. The molecule has 2 aromatic rings. The maximum atomic E-state index is 11.9. The van der Waals surface area contributed by atoms with Gasteiger partial charge in [0.2, 0.25) is 0 Å². The molecule has 0 heterocycles. The van der Waals surface area contributed by atoms with Crippen LogP contribution in [0.4, 0.5) is 0 Å². The number of carbonyl (C=O) groups is 1. The van der Waals surface area contributed by atoms with Crippen LogP contribution in [0.3, 0.4) is 0 Å². The predicted molar refractivity (Wildman–Crippen MR) is 80.0 cm³/mol. The van der Waals surface area contributed by atoms with Crippen molar-refractivity contribution in [2.45, 2.75) is 6.61 Å². The number of hydrogen-bond donors (Lipinski definition) is 1. The van der Waals surface area contributed by atoms with E-state index in [9.17, 15) is 9.90 Å². The van der Waals surface area contributed by atoms with Crippen LogP contribution in [0.2, 0.25) is 0 Å². The lowest BCUT2D eigenvalue weighted by Crippen LogP contribution is -2.03. The molecule has 0 fully saturated rings. The maximum Gasteiger partial charge on any atom is 0.192 e. The van der Waals surface area contributed by atoms with Gasteiger partial charge < -0.3 is 14.6 Å². The minimum absolute atomic E-state index is 0.0849. The van der Waals surface area contributed by atoms with Gasteiger partial charge in [-0.25, -0.2) is 0 Å². The Balaban J connectivity index is 2.33. The van der Waals surface area contributed by atoms with Crippen LogP contribution in [-0.2, 0) is 6.61 Å². The second-order valence-electron chi connectivity index (χ2n) is 4.36. The van der Waals surface area contributed by atoms with Gasteiger partial charge in [0, 0.05) is 12.1 Å². The van der Waals surface area contributed by atoms with Crippen LogP contribution in [0.25, 0.3) is 0 Å². The van der Waals surface area contributed by atoms with Crippen molar-refractivity contribution in [3.05, 3.63) is 66.2 Å². The summed E-state index contributed by atoms with van der Waals surface area (Å²) < 4.78 is 10.7. The third-order valence-electron chi connectivity index (χ3n) is 2.96. The molecule has 1 N–H and O–H groups in total. The van der Waals surface area contributed by atoms with Gasteiger partial charge in [0.1, 0.15) is 29.4 Å². The molecule has 0 unspecified atom stereocenters. The fraction of sp³-hybridized carbons (Fsp3) is 0.118. The molecule has 0 aliphatic heterocycles. The SMILES string of the molecule is C=CC(=O)c1c(O)cc(OC)cc1OCc1ccccc1. The Kier molecular flexibility index (Phi) is 4.61. The highest BCUT2D eigenvalue weighted by atomic mass is 16.5. The molecule has 2 rings (SSSR count). The lowest BCUT2D eigenvalue weighted by atomic mass is 10.1. The van der Waals surface area contributed by atoms with E-state index in [0.717, 1.165) is 11.6 Å². The zero-order valence-electron chi connectivity index (χ0n) is 11.7. The van der Waals surface area contributed by atoms with E-state index < -0.39 is 5.78 Å². The first kappa shape index (κ1) is 14.7. The van der Waals surface area contributed by atoms with Crippen LogP contribution in [0.15, 0.2) is 55.1 Å². The zero-order chi connectivity index (χ0) is 15.2. The Morgan fingerprint density at radius 3 is 2.62 bits per heavy atom. The highest BCUT2D eigenvalue weighted by Crippen LogP contribution is 2.34. The van der Waals surface area contributed by atoms with E-state index in [-0.39, 0.29) is 23.7 Å². The topological polar surface area (TPSA) is 55.8 Å². The quantitative estimate of drug-likeness (QED) is 0.653. The van der Waals surface area contributed by atoms with Crippen LogP contribution >= 0.6 is 0 Å². The lowest BCUT2D eigenvalue weighted by molar-refractivity contribution is 0.104. The second-order valence-corrected chi connectivity index (χ2v) is 4.36. The minimum atomic E-state index is -0.404. The number of ketones is 1. The summed E-state index contributed by atoms with van der Waals surface area (Å²) in [5, 5.41) is 9.97. The Morgan fingerprint density at radius 2 is 2.00 bits per heavy atom. The number of methoxy groups -OCH3 is 1. The summed E-state index contributed by atoms with van der Waals surface area (Å²) in [5.41, 5.74) is 1.04. The molecule has 0 saturated carbocycles. The number of aromatic hydroxyl groups is 1. The molecule has 0 aliphatic carbocycles. The molecular weight excluding hydrogens is 268 g/mol. The summed E-state index contributed by atoms with van der Waals surface area (Å²) in [6.45, 7) is 3.72. The monoisotopic (exact) mass is 284 g/mol. The molecule has 21 heavy (non-hydrogen) atoms. The van der Waals surface area contributed by atoms with Gasteiger partial charge >= 0.3 is 0 Å². The van der Waals surface area contributed by atoms with Gasteiger partial charge in [-0.3, -0.25) is 4.79 Å². The van der Waals surface area contributed by atoms with E-state index in [1.54, 1.807) is 6.07 Å². The Hall–Kier alpha value is -2.75. The van der Waals surface area contributed by atoms with E-state index in [1.165, 1.54) is 13.2 Å². The Labute approximate surface area is 123 Å². The molecule has 0 radical (unpaired) electrons. The van der Waals surface area contributed by atoms with Crippen molar-refractivity contribution >= 4 is 5.78 Å². The average molecular weight is 284 g/mol. The number of allylic oxidation sites excluding steroid dienone is 1. The van der Waals surface area contributed by atoms with Crippen LogP contribution < -0.4 is 9.47 Å². The van der Waals surface area contributed by atoms with E-state index in [0.29, 0.717) is 5.75 Å². The molecular formula is C17H16O4. The molecule has 0 aliphatic rings. The van der Waals surface area contributed by atoms with Crippen LogP contribution in [0.5, 0.6) is 17.2 Å². The smallest absolute Gasteiger partial charge is 0.192 e. The van der Waals surface area contributed by atoms with Crippen molar-refractivity contribution in [3.8, 4) is 17.2 Å². The highest BCUT2D eigenvalue weighted by molar-refractivity contribution is 6.08. The predicted octanol–water partition coefficient (Wildman–Crippen LogP) is 3.35. The summed E-state index contributed by atoms with van der Waals surface area (Å²) in [6.07, 6.45) is 1.14. The van der Waals surface area contributed by atoms with Gasteiger partial charge in [-0.2, -0.15) is 0 Å². The van der Waals surface area contributed by atoms with Gasteiger partial charge in [0.05, 0.1) is 7.11 Å². The van der Waals surface area contributed by atoms with E-state index >= 15 is 0 Å². The van der Waals surface area contributed by atoms with E-state index in [4.69, 9.17) is 9.47 Å². The number of hydrogen-bond acceptors (Lipinski definition) is 4. The fourth-order valence-electron chi connectivity index (χ4n) is 1.89. The van der Waals surface area contributed by atoms with Crippen molar-refractivity contribution < 1.29 is 19.4 Å². The first-order chi connectivity index (χ1) is 10.2. The van der Waals surface area contributed by atoms with Gasteiger partial charge in [0.25, 0.3) is 0 Å². The number of rotatable bonds is 6. The van der Waals surface area contributed by atoms with Gasteiger partial charge in [-0.1, -0.05) is 36.9 Å². The van der Waals surface area contributed by atoms with Gasteiger partial charge in [0.15, 0.2) is 5.78 Å². The maximum absolute atomic E-state index is 11.9. The molecule has 2 aromatic carbocycles. The van der Waals surface area contributed by atoms with Crippen LogP contribution in [0.1, 0.15) is 15.9 Å². The molecule has 0 spiro atoms. The Bertz CT molecular complexity index is 647. The third kappa shape index (κ3) is 3.42. The number of phenols is 1. The minimum Gasteiger partial charge on any atom is -0.507 e. The summed E-state index contributed by atoms with van der Waals surface area (Å²) in [4.78, 5) is 11.9. The first-order valence-electron chi connectivity index (χ1n) is 6.40. The first-order valence-corrected chi connectivity index (χ1v) is 6.40. The number of carbonyl (C=O) groups excluding carboxylic acids is 1. The van der Waals surface area contributed by atoms with E-state index in [2.05, 4.69) is 6.58 Å². The second kappa shape index (κ2) is 6.61. The molecule has 0 aromatic heterocycles. The average Bonchev–Trinajstić information content (AvgIpc) is 2.52. The Morgan fingerprint density at radius 1 is 1.29 bits per heavy atom. The van der Waals surface area contributed by atoms with Gasteiger partial charge in [-0.05, 0) is 11.6 Å². The summed E-state index contributed by atoms with van der Waals surface area (Å²) in [5.74, 6) is 0.0808. The number of phenolic OH excluding ortho intramolecular Hbond substituents is 1. The molecule has 4 heteroatoms. The molecule has 0 amide bonds. The zero-order valence-corrected chi connectivity index (χ0v) is 11.7. The third-order valence-corrected chi connectivity index (χ3v) is 2.96. The molecule has 0 saturated heterocycles. The van der Waals surface area contributed by atoms with Crippen molar-refractivity contribution in [2.75, 3.05) is 7.11 Å². The molecule has 108 valence electrons. The molecule has 0 atom stereocenters. The molecule has 4 nitrogen and oxygen atoms in total. The molecule has 0 bridgehead atoms. The van der Waals surface area contributed by atoms with Crippen molar-refractivity contribution in [1.29, 1.82) is 0 Å². The summed E-state index contributed by atoms with van der Waals surface area (Å²) in [6, 6.07) is 12.5. The standard InChI is InChI=1S/C17H16O4/c1-3-14(18)17-15(19)9-13(20-2)10-16(17)21-11-12-7-5-4-6-8-12/h3-10,19H,1,11H2,2H3. The number of benzene rings is 2. The normalized spacial score (nSPS) is 9.95. The fourth-order valence-corrected chi connectivity index (χ4v) is 1.89. The van der Waals surface area contributed by atoms with Crippen molar-refractivity contribution in [3.63, 3.8) is 0 Å². The van der Waals surface area contributed by atoms with Crippen molar-refractivity contribution in [1.82, 2.24) is 0 Å². The summed E-state index contributed by atoms with van der Waals surface area (Å²) in [7, 11) is 1.48. The van der Waals surface area contributed by atoms with Crippen molar-refractivity contribution in [2.24, 2.45) is 0 Å². The van der Waals surface area contributed by atoms with Crippen LogP contribution in [-0.4, -0.2) is 18.0 Å². The van der Waals surface area contributed by atoms with Gasteiger partial charge in [-0.15, -0.1) is 0 Å². The highest BCUT2D eigenvalue weighted by Gasteiger charge is 2.17. The summed E-state index contributed by atoms with van der Waals surface area (Å²) >= 11 is 0. The van der Waals surface area contributed by atoms with Crippen LogP contribution in [0, 0.1) is 0 Å². The number of ether oxygens (including phenoxy) is 2.